The number of carbonyl (C=O) groups excluding carboxylic acids is 1. The molecule has 1 fully saturated rings. The second-order valence-electron chi connectivity index (χ2n) is 5.26. The summed E-state index contributed by atoms with van der Waals surface area (Å²) in [5, 5.41) is 5.02. The van der Waals surface area contributed by atoms with Crippen molar-refractivity contribution in [3.8, 4) is 0 Å². The van der Waals surface area contributed by atoms with E-state index in [2.05, 4.69) is 44.5 Å². The smallest absolute Gasteiger partial charge is 0.224 e. The maximum atomic E-state index is 12.1. The van der Waals surface area contributed by atoms with Gasteiger partial charge in [0.25, 0.3) is 0 Å². The average Bonchev–Trinajstić information content (AvgIpc) is 2.90. The highest BCUT2D eigenvalue weighted by Crippen LogP contribution is 2.32. The summed E-state index contributed by atoms with van der Waals surface area (Å²) >= 11 is 5.27. The Bertz CT molecular complexity index is 451. The lowest BCUT2D eigenvalue weighted by Gasteiger charge is -2.35. The Morgan fingerprint density at radius 1 is 1.70 bits per heavy atom. The number of nitrogens with zero attached hydrogens (tertiary/aromatic N) is 1. The van der Waals surface area contributed by atoms with E-state index < -0.39 is 0 Å². The summed E-state index contributed by atoms with van der Waals surface area (Å²) in [6, 6.07) is 2.55. The molecule has 1 saturated heterocycles. The van der Waals surface area contributed by atoms with E-state index in [1.54, 1.807) is 11.3 Å². The summed E-state index contributed by atoms with van der Waals surface area (Å²) < 4.78 is 1.14. The molecule has 1 amide bonds. The van der Waals surface area contributed by atoms with Gasteiger partial charge < -0.3 is 11.1 Å². The second-order valence-corrected chi connectivity index (χ2v) is 7.12. The predicted molar refractivity (Wildman–Crippen MR) is 86.8 cm³/mol. The van der Waals surface area contributed by atoms with Crippen molar-refractivity contribution in [2.45, 2.75) is 25.8 Å². The Hall–Kier alpha value is -0.430. The van der Waals surface area contributed by atoms with Crippen LogP contribution in [0.1, 0.15) is 30.7 Å². The van der Waals surface area contributed by atoms with Gasteiger partial charge in [0.05, 0.1) is 5.92 Å². The third-order valence-corrected chi connectivity index (χ3v) is 5.68. The van der Waals surface area contributed by atoms with Crippen molar-refractivity contribution >= 4 is 33.2 Å². The van der Waals surface area contributed by atoms with Gasteiger partial charge in [-0.15, -0.1) is 11.3 Å². The Kier molecular flexibility index (Phi) is 6.01. The van der Waals surface area contributed by atoms with Crippen molar-refractivity contribution in [3.63, 3.8) is 0 Å². The number of nitrogens with one attached hydrogen (secondary N) is 1. The van der Waals surface area contributed by atoms with Crippen molar-refractivity contribution < 1.29 is 4.79 Å². The molecule has 0 spiro atoms. The van der Waals surface area contributed by atoms with Gasteiger partial charge in [-0.05, 0) is 48.3 Å². The molecule has 3 N–H and O–H groups in total. The van der Waals surface area contributed by atoms with Crippen LogP contribution in [0.4, 0.5) is 0 Å². The van der Waals surface area contributed by atoms with E-state index in [0.717, 1.165) is 30.4 Å². The van der Waals surface area contributed by atoms with Crippen LogP contribution >= 0.6 is 27.3 Å². The fourth-order valence-corrected chi connectivity index (χ4v) is 4.18. The number of carbonyl (C=O) groups is 1. The minimum Gasteiger partial charge on any atom is -0.355 e. The van der Waals surface area contributed by atoms with Crippen LogP contribution in [0.3, 0.4) is 0 Å². The highest BCUT2D eigenvalue weighted by atomic mass is 79.9. The van der Waals surface area contributed by atoms with Gasteiger partial charge in [-0.2, -0.15) is 0 Å². The van der Waals surface area contributed by atoms with Gasteiger partial charge in [-0.25, -0.2) is 0 Å². The molecular weight excluding hydrogens is 338 g/mol. The number of likely N-dealkylation sites (tertiary alicyclic amines) is 1. The summed E-state index contributed by atoms with van der Waals surface area (Å²) in [7, 11) is 0. The lowest BCUT2D eigenvalue weighted by Crippen LogP contribution is -2.44. The standard InChI is InChI=1S/C14H22BrN3OS/c1-10(13-7-12(15)9-20-13)18-6-2-3-11(8-18)14(19)17-5-4-16/h7,9-11H,2-6,8,16H2,1H3,(H,17,19). The molecule has 2 heterocycles. The number of piperidine rings is 1. The van der Waals surface area contributed by atoms with Crippen LogP contribution < -0.4 is 11.1 Å². The van der Waals surface area contributed by atoms with Crippen LogP contribution in [0.15, 0.2) is 15.9 Å². The molecule has 0 radical (unpaired) electrons. The summed E-state index contributed by atoms with van der Waals surface area (Å²) in [6.07, 6.45) is 2.06. The van der Waals surface area contributed by atoms with Crippen molar-refractivity contribution in [2.24, 2.45) is 11.7 Å². The quantitative estimate of drug-likeness (QED) is 0.848. The van der Waals surface area contributed by atoms with Gasteiger partial charge in [0.15, 0.2) is 0 Å². The number of hydrogen-bond acceptors (Lipinski definition) is 4. The Labute approximate surface area is 132 Å². The first-order valence-corrected chi connectivity index (χ1v) is 8.75. The zero-order valence-corrected chi connectivity index (χ0v) is 14.2. The monoisotopic (exact) mass is 359 g/mol. The Balaban J connectivity index is 1.94. The second kappa shape index (κ2) is 7.54. The SMILES string of the molecule is CC(c1cc(Br)cs1)N1CCCC(C(=O)NCCN)C1. The normalized spacial score (nSPS) is 21.6. The van der Waals surface area contributed by atoms with Gasteiger partial charge >= 0.3 is 0 Å². The van der Waals surface area contributed by atoms with Crippen LogP contribution in [0, 0.1) is 5.92 Å². The van der Waals surface area contributed by atoms with Gasteiger partial charge in [0, 0.05) is 40.4 Å². The zero-order valence-electron chi connectivity index (χ0n) is 11.8. The molecule has 0 aromatic carbocycles. The molecule has 112 valence electrons. The lowest BCUT2D eigenvalue weighted by molar-refractivity contribution is -0.126. The molecule has 1 aromatic rings. The van der Waals surface area contributed by atoms with Crippen LogP contribution in [0.2, 0.25) is 0 Å². The summed E-state index contributed by atoms with van der Waals surface area (Å²) in [4.78, 5) is 15.8. The van der Waals surface area contributed by atoms with Crippen LogP contribution in [-0.4, -0.2) is 37.0 Å². The fourth-order valence-electron chi connectivity index (χ4n) is 2.64. The molecule has 4 nitrogen and oxygen atoms in total. The molecule has 2 atom stereocenters. The molecule has 2 rings (SSSR count). The highest BCUT2D eigenvalue weighted by Gasteiger charge is 2.28. The first kappa shape index (κ1) is 15.9. The van der Waals surface area contributed by atoms with Gasteiger partial charge in [-0.3, -0.25) is 9.69 Å². The summed E-state index contributed by atoms with van der Waals surface area (Å²) in [5.74, 6) is 0.251. The Morgan fingerprint density at radius 3 is 3.15 bits per heavy atom. The van der Waals surface area contributed by atoms with Crippen molar-refractivity contribution in [1.82, 2.24) is 10.2 Å². The number of hydrogen-bond donors (Lipinski definition) is 2. The van der Waals surface area contributed by atoms with E-state index in [1.165, 1.54) is 4.88 Å². The molecule has 6 heteroatoms. The van der Waals surface area contributed by atoms with E-state index in [0.29, 0.717) is 19.1 Å². The largest absolute Gasteiger partial charge is 0.355 e. The lowest BCUT2D eigenvalue weighted by atomic mass is 9.95. The van der Waals surface area contributed by atoms with Gasteiger partial charge in [-0.1, -0.05) is 0 Å². The molecule has 2 unspecified atom stereocenters. The minimum atomic E-state index is 0.0983. The maximum Gasteiger partial charge on any atom is 0.224 e. The molecule has 1 aliphatic rings. The van der Waals surface area contributed by atoms with E-state index >= 15 is 0 Å². The molecule has 1 aliphatic heterocycles. The molecular formula is C14H22BrN3OS. The molecule has 0 bridgehead atoms. The number of rotatable bonds is 5. The third kappa shape index (κ3) is 4.04. The van der Waals surface area contributed by atoms with E-state index in [4.69, 9.17) is 5.73 Å². The summed E-state index contributed by atoms with van der Waals surface area (Å²) in [5.41, 5.74) is 5.43. The molecule has 0 aliphatic carbocycles. The number of nitrogens with two attached hydrogens (primary N) is 1. The van der Waals surface area contributed by atoms with E-state index in [-0.39, 0.29) is 11.8 Å². The zero-order chi connectivity index (χ0) is 14.5. The molecule has 0 saturated carbocycles. The van der Waals surface area contributed by atoms with Crippen LogP contribution in [-0.2, 0) is 4.79 Å². The summed E-state index contributed by atoms with van der Waals surface area (Å²) in [6.45, 7) is 5.20. The molecule has 20 heavy (non-hydrogen) atoms. The number of thiophene rings is 1. The third-order valence-electron chi connectivity index (χ3n) is 3.81. The highest BCUT2D eigenvalue weighted by molar-refractivity contribution is 9.10. The van der Waals surface area contributed by atoms with Crippen LogP contribution in [0.25, 0.3) is 0 Å². The maximum absolute atomic E-state index is 12.1. The van der Waals surface area contributed by atoms with Crippen LogP contribution in [0.5, 0.6) is 0 Å². The van der Waals surface area contributed by atoms with Crippen molar-refractivity contribution in [1.29, 1.82) is 0 Å². The number of halogens is 1. The minimum absolute atomic E-state index is 0.0983. The van der Waals surface area contributed by atoms with Gasteiger partial charge in [0.2, 0.25) is 5.91 Å². The van der Waals surface area contributed by atoms with Crippen molar-refractivity contribution in [3.05, 3.63) is 20.8 Å². The van der Waals surface area contributed by atoms with E-state index in [1.807, 2.05) is 0 Å². The van der Waals surface area contributed by atoms with Crippen molar-refractivity contribution in [2.75, 3.05) is 26.2 Å². The average molecular weight is 360 g/mol. The fraction of sp³-hybridized carbons (Fsp3) is 0.643. The van der Waals surface area contributed by atoms with E-state index in [9.17, 15) is 4.79 Å². The predicted octanol–water partition coefficient (Wildman–Crippen LogP) is 2.36. The first-order valence-electron chi connectivity index (χ1n) is 7.07. The number of amides is 1. The van der Waals surface area contributed by atoms with Gasteiger partial charge in [0.1, 0.15) is 0 Å². The Morgan fingerprint density at radius 2 is 2.50 bits per heavy atom. The topological polar surface area (TPSA) is 58.4 Å². The molecule has 1 aromatic heterocycles. The first-order chi connectivity index (χ1) is 9.61.